The van der Waals surface area contributed by atoms with Gasteiger partial charge >= 0.3 is 0 Å². The van der Waals surface area contributed by atoms with E-state index >= 15 is 4.57 Å². The first-order valence-electron chi connectivity index (χ1n) is 16.7. The lowest BCUT2D eigenvalue weighted by Crippen LogP contribution is -2.24. The average molecular weight is 644 g/mol. The molecule has 0 saturated carbocycles. The van der Waals surface area contributed by atoms with E-state index in [4.69, 9.17) is 0 Å². The van der Waals surface area contributed by atoms with Crippen molar-refractivity contribution in [3.05, 3.63) is 182 Å². The Morgan fingerprint density at radius 2 is 0.816 bits per heavy atom. The monoisotopic (exact) mass is 643 g/mol. The number of aromatic nitrogens is 1. The van der Waals surface area contributed by atoms with E-state index in [1.807, 2.05) is 60.7 Å². The van der Waals surface area contributed by atoms with Gasteiger partial charge in [-0.1, -0.05) is 146 Å². The van der Waals surface area contributed by atoms with E-state index in [2.05, 4.69) is 126 Å². The summed E-state index contributed by atoms with van der Waals surface area (Å²) in [5.74, 6) is 0. The summed E-state index contributed by atoms with van der Waals surface area (Å²) in [4.78, 5) is 0. The number of nitrogens with zero attached hydrogens (tertiary/aromatic N) is 1. The topological polar surface area (TPSA) is 22.0 Å². The van der Waals surface area contributed by atoms with Crippen LogP contribution in [0.2, 0.25) is 0 Å². The smallest absolute Gasteiger partial charge is 0.171 e. The summed E-state index contributed by atoms with van der Waals surface area (Å²) in [5, 5.41) is 14.9. The van der Waals surface area contributed by atoms with Crippen LogP contribution in [0, 0.1) is 0 Å². The number of rotatable bonds is 4. The molecule has 0 unspecified atom stereocenters. The molecule has 0 radical (unpaired) electrons. The summed E-state index contributed by atoms with van der Waals surface area (Å²) in [6.07, 6.45) is 0. The minimum Gasteiger partial charge on any atom is -0.309 e. The van der Waals surface area contributed by atoms with Gasteiger partial charge in [-0.2, -0.15) is 0 Å². The molecule has 230 valence electrons. The molecule has 10 aromatic rings. The maximum Gasteiger partial charge on any atom is 0.171 e. The highest BCUT2D eigenvalue weighted by atomic mass is 31.2. The molecular weight excluding hydrogens is 613 g/mol. The highest BCUT2D eigenvalue weighted by Crippen LogP contribution is 2.44. The highest BCUT2D eigenvalue weighted by Gasteiger charge is 2.29. The van der Waals surface area contributed by atoms with Crippen LogP contribution in [0.5, 0.6) is 0 Å². The third kappa shape index (κ3) is 4.11. The first-order chi connectivity index (χ1) is 24.2. The van der Waals surface area contributed by atoms with E-state index in [1.165, 1.54) is 59.4 Å². The average Bonchev–Trinajstić information content (AvgIpc) is 3.51. The van der Waals surface area contributed by atoms with Crippen LogP contribution in [0.3, 0.4) is 0 Å². The predicted octanol–water partition coefficient (Wildman–Crippen LogP) is 11.0. The Bertz CT molecular complexity index is 2900. The Morgan fingerprint density at radius 3 is 1.41 bits per heavy atom. The van der Waals surface area contributed by atoms with Crippen molar-refractivity contribution >= 4 is 88.0 Å². The fourth-order valence-electron chi connectivity index (χ4n) is 7.98. The third-order valence-corrected chi connectivity index (χ3v) is 13.3. The van der Waals surface area contributed by atoms with E-state index in [1.54, 1.807) is 0 Å². The van der Waals surface area contributed by atoms with E-state index in [0.29, 0.717) is 0 Å². The van der Waals surface area contributed by atoms with Gasteiger partial charge in [-0.25, -0.2) is 0 Å². The first kappa shape index (κ1) is 28.1. The summed E-state index contributed by atoms with van der Waals surface area (Å²) >= 11 is 0. The molecule has 0 spiro atoms. The SMILES string of the molecule is O=P(c1ccccc1)(c1ccccc1)c1ccc(-n2c3cc4c5ccccc5c5ccccc5c4cc3c3ccc4ccccc4c32)cc1. The molecule has 0 aliphatic carbocycles. The van der Waals surface area contributed by atoms with Crippen molar-refractivity contribution < 1.29 is 4.57 Å². The fraction of sp³-hybridized carbons (Fsp3) is 0. The zero-order chi connectivity index (χ0) is 32.5. The Labute approximate surface area is 283 Å². The van der Waals surface area contributed by atoms with Crippen LogP contribution in [0.1, 0.15) is 0 Å². The minimum atomic E-state index is -3.10. The Hall–Kier alpha value is -5.95. The van der Waals surface area contributed by atoms with E-state index in [9.17, 15) is 0 Å². The molecule has 0 fully saturated rings. The van der Waals surface area contributed by atoms with Crippen LogP contribution in [-0.4, -0.2) is 4.57 Å². The van der Waals surface area contributed by atoms with Crippen molar-refractivity contribution in [2.75, 3.05) is 0 Å². The summed E-state index contributed by atoms with van der Waals surface area (Å²) in [5.41, 5.74) is 3.37. The van der Waals surface area contributed by atoms with Gasteiger partial charge in [0.2, 0.25) is 0 Å². The lowest BCUT2D eigenvalue weighted by Gasteiger charge is -2.20. The summed E-state index contributed by atoms with van der Waals surface area (Å²) in [6, 6.07) is 63.7. The van der Waals surface area contributed by atoms with Gasteiger partial charge in [0.05, 0.1) is 11.0 Å². The molecule has 10 rings (SSSR count). The quantitative estimate of drug-likeness (QED) is 0.138. The van der Waals surface area contributed by atoms with Gasteiger partial charge in [0.1, 0.15) is 0 Å². The van der Waals surface area contributed by atoms with Crippen LogP contribution in [0.4, 0.5) is 0 Å². The lowest BCUT2D eigenvalue weighted by molar-refractivity contribution is 0.592. The Kier molecular flexibility index (Phi) is 6.19. The maximum atomic E-state index is 15.2. The Balaban J connectivity index is 1.29. The minimum absolute atomic E-state index is 0.821. The van der Waals surface area contributed by atoms with Crippen molar-refractivity contribution in [3.8, 4) is 5.69 Å². The van der Waals surface area contributed by atoms with E-state index in [0.717, 1.165) is 27.1 Å². The van der Waals surface area contributed by atoms with Crippen molar-refractivity contribution in [3.63, 3.8) is 0 Å². The highest BCUT2D eigenvalue weighted by molar-refractivity contribution is 7.85. The molecule has 0 saturated heterocycles. The molecule has 3 heteroatoms. The lowest BCUT2D eigenvalue weighted by atomic mass is 9.93. The van der Waals surface area contributed by atoms with Crippen molar-refractivity contribution in [1.29, 1.82) is 0 Å². The normalized spacial score (nSPS) is 12.2. The summed E-state index contributed by atoms with van der Waals surface area (Å²) in [6.45, 7) is 0. The number of benzene rings is 9. The zero-order valence-electron chi connectivity index (χ0n) is 26.6. The van der Waals surface area contributed by atoms with Crippen LogP contribution < -0.4 is 15.9 Å². The molecule has 49 heavy (non-hydrogen) atoms. The van der Waals surface area contributed by atoms with Crippen molar-refractivity contribution in [1.82, 2.24) is 4.57 Å². The van der Waals surface area contributed by atoms with Crippen LogP contribution in [0.25, 0.3) is 70.6 Å². The van der Waals surface area contributed by atoms with Gasteiger partial charge in [-0.3, -0.25) is 0 Å². The standard InChI is InChI=1S/C46H30NOP/c48-49(33-14-3-1-4-15-33,34-16-5-2-6-17-34)35-26-24-32(25-27-35)47-45-30-43-40-22-12-10-20-38(40)37-19-9-11-21-39(37)42(43)29-44(45)41-28-23-31-13-7-8-18-36(31)46(41)47/h1-30H. The molecule has 0 atom stereocenters. The molecule has 0 N–H and O–H groups in total. The van der Waals surface area contributed by atoms with E-state index < -0.39 is 7.14 Å². The predicted molar refractivity (Wildman–Crippen MR) is 210 cm³/mol. The molecule has 1 aromatic heterocycles. The first-order valence-corrected chi connectivity index (χ1v) is 18.4. The Morgan fingerprint density at radius 1 is 0.347 bits per heavy atom. The molecule has 9 aromatic carbocycles. The zero-order valence-corrected chi connectivity index (χ0v) is 27.5. The number of hydrogen-bond acceptors (Lipinski definition) is 1. The van der Waals surface area contributed by atoms with Crippen molar-refractivity contribution in [2.45, 2.75) is 0 Å². The number of hydrogen-bond donors (Lipinski definition) is 0. The fourth-order valence-corrected chi connectivity index (χ4v) is 10.6. The molecule has 0 amide bonds. The van der Waals surface area contributed by atoms with Gasteiger partial charge in [0.15, 0.2) is 7.14 Å². The molecule has 0 aliphatic rings. The molecular formula is C46H30NOP. The summed E-state index contributed by atoms with van der Waals surface area (Å²) in [7, 11) is -3.10. The van der Waals surface area contributed by atoms with Crippen LogP contribution >= 0.6 is 7.14 Å². The third-order valence-electron chi connectivity index (χ3n) is 10.2. The van der Waals surface area contributed by atoms with Gasteiger partial charge in [-0.05, 0) is 74.1 Å². The maximum absolute atomic E-state index is 15.2. The van der Waals surface area contributed by atoms with Crippen molar-refractivity contribution in [2.24, 2.45) is 0 Å². The van der Waals surface area contributed by atoms with Gasteiger partial charge < -0.3 is 9.13 Å². The second kappa shape index (κ2) is 10.8. The summed E-state index contributed by atoms with van der Waals surface area (Å²) < 4.78 is 17.6. The molecule has 1 heterocycles. The number of fused-ring (bicyclic) bond motifs is 11. The largest absolute Gasteiger partial charge is 0.309 e. The molecule has 0 aliphatic heterocycles. The second-order valence-electron chi connectivity index (χ2n) is 12.8. The molecule has 0 bridgehead atoms. The molecule has 2 nitrogen and oxygen atoms in total. The van der Waals surface area contributed by atoms with Crippen LogP contribution in [0.15, 0.2) is 182 Å². The van der Waals surface area contributed by atoms with E-state index in [-0.39, 0.29) is 0 Å². The van der Waals surface area contributed by atoms with Crippen LogP contribution in [-0.2, 0) is 4.57 Å². The van der Waals surface area contributed by atoms with Gasteiger partial charge in [-0.15, -0.1) is 0 Å². The van der Waals surface area contributed by atoms with Gasteiger partial charge in [0.25, 0.3) is 0 Å². The second-order valence-corrected chi connectivity index (χ2v) is 15.6. The van der Waals surface area contributed by atoms with Gasteiger partial charge in [0, 0.05) is 37.8 Å².